The van der Waals surface area contributed by atoms with E-state index >= 15 is 0 Å². The monoisotopic (exact) mass is 257 g/mol. The van der Waals surface area contributed by atoms with Gasteiger partial charge in [-0.1, -0.05) is 30.3 Å². The van der Waals surface area contributed by atoms with Crippen LogP contribution in [0.15, 0.2) is 42.7 Å². The molecule has 1 aromatic carbocycles. The summed E-state index contributed by atoms with van der Waals surface area (Å²) in [5.41, 5.74) is 1.10. The fourth-order valence-corrected chi connectivity index (χ4v) is 1.84. The van der Waals surface area contributed by atoms with Gasteiger partial charge in [-0.05, 0) is 31.4 Å². The summed E-state index contributed by atoms with van der Waals surface area (Å²) < 4.78 is 0. The maximum Gasteiger partial charge on any atom is 0.222 e. The third-order valence-corrected chi connectivity index (χ3v) is 3.07. The molecule has 0 saturated heterocycles. The highest BCUT2D eigenvalue weighted by molar-refractivity contribution is 5.25. The number of nitrogens with one attached hydrogen (secondary N) is 1. The van der Waals surface area contributed by atoms with E-state index in [-0.39, 0.29) is 0 Å². The first kappa shape index (κ1) is 13.5. The van der Waals surface area contributed by atoms with Crippen LogP contribution < -0.4 is 5.32 Å². The number of benzene rings is 1. The average molecular weight is 257 g/mol. The summed E-state index contributed by atoms with van der Waals surface area (Å²) in [6, 6.07) is 9.67. The van der Waals surface area contributed by atoms with Crippen LogP contribution in [-0.4, -0.2) is 21.6 Å². The minimum absolute atomic E-state index is 0.592. The molecule has 0 amide bonds. The third kappa shape index (κ3) is 3.76. The predicted octanol–water partition coefficient (Wildman–Crippen LogP) is 2.49. The van der Waals surface area contributed by atoms with E-state index in [1.165, 1.54) is 0 Å². The standard InChI is InChI=1S/C15H19N3O/c1-12-10-17-14(18-11-12)16-9-8-15(2,19)13-6-4-3-5-7-13/h3-7,10-11,19H,8-9H2,1-2H3,(H,16,17,18). The first-order valence-corrected chi connectivity index (χ1v) is 6.38. The minimum atomic E-state index is -0.848. The van der Waals surface area contributed by atoms with Crippen molar-refractivity contribution in [3.8, 4) is 0 Å². The van der Waals surface area contributed by atoms with Gasteiger partial charge < -0.3 is 10.4 Å². The number of aromatic nitrogens is 2. The Morgan fingerprint density at radius 2 is 1.79 bits per heavy atom. The Bertz CT molecular complexity index is 509. The van der Waals surface area contributed by atoms with Crippen molar-refractivity contribution in [1.29, 1.82) is 0 Å². The molecule has 1 heterocycles. The topological polar surface area (TPSA) is 58.0 Å². The Balaban J connectivity index is 1.90. The SMILES string of the molecule is Cc1cnc(NCCC(C)(O)c2ccccc2)nc1. The van der Waals surface area contributed by atoms with Gasteiger partial charge in [0.25, 0.3) is 0 Å². The summed E-state index contributed by atoms with van der Waals surface area (Å²) in [6.07, 6.45) is 4.13. The van der Waals surface area contributed by atoms with Crippen molar-refractivity contribution in [3.63, 3.8) is 0 Å². The smallest absolute Gasteiger partial charge is 0.222 e. The highest BCUT2D eigenvalue weighted by atomic mass is 16.3. The van der Waals surface area contributed by atoms with Gasteiger partial charge in [0.05, 0.1) is 5.60 Å². The highest BCUT2D eigenvalue weighted by Gasteiger charge is 2.21. The van der Waals surface area contributed by atoms with Crippen molar-refractivity contribution in [2.24, 2.45) is 0 Å². The van der Waals surface area contributed by atoms with E-state index in [1.54, 1.807) is 12.4 Å². The molecule has 0 spiro atoms. The maximum absolute atomic E-state index is 10.4. The van der Waals surface area contributed by atoms with Gasteiger partial charge in [-0.2, -0.15) is 0 Å². The predicted molar refractivity (Wildman–Crippen MR) is 75.9 cm³/mol. The van der Waals surface area contributed by atoms with Crippen LogP contribution in [0.3, 0.4) is 0 Å². The largest absolute Gasteiger partial charge is 0.385 e. The molecule has 19 heavy (non-hydrogen) atoms. The van der Waals surface area contributed by atoms with Crippen LogP contribution in [0.5, 0.6) is 0 Å². The van der Waals surface area contributed by atoms with E-state index in [2.05, 4.69) is 15.3 Å². The lowest BCUT2D eigenvalue weighted by molar-refractivity contribution is 0.0515. The molecule has 1 aromatic heterocycles. The number of hydrogen-bond acceptors (Lipinski definition) is 4. The van der Waals surface area contributed by atoms with Crippen LogP contribution >= 0.6 is 0 Å². The molecule has 1 unspecified atom stereocenters. The van der Waals surface area contributed by atoms with E-state index in [4.69, 9.17) is 0 Å². The molecule has 0 bridgehead atoms. The zero-order valence-corrected chi connectivity index (χ0v) is 11.3. The molecule has 4 heteroatoms. The second kappa shape index (κ2) is 5.80. The molecule has 2 aromatic rings. The van der Waals surface area contributed by atoms with Gasteiger partial charge in [-0.15, -0.1) is 0 Å². The lowest BCUT2D eigenvalue weighted by atomic mass is 9.93. The van der Waals surface area contributed by atoms with Crippen molar-refractivity contribution in [3.05, 3.63) is 53.9 Å². The number of aliphatic hydroxyl groups is 1. The fraction of sp³-hybridized carbons (Fsp3) is 0.333. The Hall–Kier alpha value is -1.94. The van der Waals surface area contributed by atoms with Gasteiger partial charge in [0.1, 0.15) is 0 Å². The quantitative estimate of drug-likeness (QED) is 0.864. The summed E-state index contributed by atoms with van der Waals surface area (Å²) >= 11 is 0. The summed E-state index contributed by atoms with van der Waals surface area (Å²) in [6.45, 7) is 4.38. The van der Waals surface area contributed by atoms with Crippen molar-refractivity contribution in [2.45, 2.75) is 25.9 Å². The van der Waals surface area contributed by atoms with E-state index in [0.717, 1.165) is 11.1 Å². The molecule has 0 aliphatic heterocycles. The van der Waals surface area contributed by atoms with E-state index in [0.29, 0.717) is 18.9 Å². The Labute approximate surface area is 113 Å². The van der Waals surface area contributed by atoms with Gasteiger partial charge >= 0.3 is 0 Å². The average Bonchev–Trinajstić information content (AvgIpc) is 2.42. The van der Waals surface area contributed by atoms with Gasteiger partial charge in [-0.3, -0.25) is 0 Å². The molecule has 1 atom stereocenters. The zero-order valence-electron chi connectivity index (χ0n) is 11.3. The molecule has 0 aliphatic rings. The molecule has 0 radical (unpaired) electrons. The number of anilines is 1. The van der Waals surface area contributed by atoms with Crippen molar-refractivity contribution >= 4 is 5.95 Å². The molecular formula is C15H19N3O. The first-order chi connectivity index (χ1) is 9.08. The lowest BCUT2D eigenvalue weighted by Crippen LogP contribution is -2.25. The third-order valence-electron chi connectivity index (χ3n) is 3.07. The molecular weight excluding hydrogens is 238 g/mol. The van der Waals surface area contributed by atoms with E-state index in [9.17, 15) is 5.11 Å². The van der Waals surface area contributed by atoms with Crippen molar-refractivity contribution in [1.82, 2.24) is 9.97 Å². The maximum atomic E-state index is 10.4. The summed E-state index contributed by atoms with van der Waals surface area (Å²) in [4.78, 5) is 8.33. The molecule has 100 valence electrons. The number of rotatable bonds is 5. The normalized spacial score (nSPS) is 13.8. The molecule has 0 fully saturated rings. The molecule has 2 rings (SSSR count). The summed E-state index contributed by atoms with van der Waals surface area (Å²) in [5.74, 6) is 0.592. The second-order valence-corrected chi connectivity index (χ2v) is 4.90. The van der Waals surface area contributed by atoms with Gasteiger partial charge in [0.2, 0.25) is 5.95 Å². The van der Waals surface area contributed by atoms with Gasteiger partial charge in [0.15, 0.2) is 0 Å². The number of aryl methyl sites for hydroxylation is 1. The van der Waals surface area contributed by atoms with E-state index < -0.39 is 5.60 Å². The number of hydrogen-bond donors (Lipinski definition) is 2. The first-order valence-electron chi connectivity index (χ1n) is 6.38. The molecule has 0 saturated carbocycles. The molecule has 0 aliphatic carbocycles. The minimum Gasteiger partial charge on any atom is -0.385 e. The zero-order chi connectivity index (χ0) is 13.7. The van der Waals surface area contributed by atoms with Gasteiger partial charge in [-0.25, -0.2) is 9.97 Å². The Morgan fingerprint density at radius 1 is 1.16 bits per heavy atom. The van der Waals surface area contributed by atoms with Crippen LogP contribution in [0.25, 0.3) is 0 Å². The van der Waals surface area contributed by atoms with Crippen LogP contribution in [0.1, 0.15) is 24.5 Å². The van der Waals surface area contributed by atoms with Crippen molar-refractivity contribution < 1.29 is 5.11 Å². The van der Waals surface area contributed by atoms with Crippen LogP contribution in [0.2, 0.25) is 0 Å². The fourth-order valence-electron chi connectivity index (χ4n) is 1.84. The van der Waals surface area contributed by atoms with E-state index in [1.807, 2.05) is 44.2 Å². The second-order valence-electron chi connectivity index (χ2n) is 4.90. The molecule has 2 N–H and O–H groups in total. The highest BCUT2D eigenvalue weighted by Crippen LogP contribution is 2.23. The Morgan fingerprint density at radius 3 is 2.42 bits per heavy atom. The summed E-state index contributed by atoms with van der Waals surface area (Å²) in [5, 5.41) is 13.5. The van der Waals surface area contributed by atoms with Crippen LogP contribution in [0.4, 0.5) is 5.95 Å². The van der Waals surface area contributed by atoms with Crippen LogP contribution in [0, 0.1) is 6.92 Å². The van der Waals surface area contributed by atoms with Crippen molar-refractivity contribution in [2.75, 3.05) is 11.9 Å². The molecule has 4 nitrogen and oxygen atoms in total. The van der Waals surface area contributed by atoms with Gasteiger partial charge in [0, 0.05) is 18.9 Å². The number of nitrogens with zero attached hydrogens (tertiary/aromatic N) is 2. The van der Waals surface area contributed by atoms with Crippen LogP contribution in [-0.2, 0) is 5.60 Å². The Kier molecular flexibility index (Phi) is 4.12. The lowest BCUT2D eigenvalue weighted by Gasteiger charge is -2.23. The summed E-state index contributed by atoms with van der Waals surface area (Å²) in [7, 11) is 0.